The average molecular weight is 491 g/mol. The third-order valence-corrected chi connectivity index (χ3v) is 6.00. The van der Waals surface area contributed by atoms with Crippen LogP contribution in [-0.2, 0) is 13.6 Å². The van der Waals surface area contributed by atoms with Gasteiger partial charge in [0.05, 0.1) is 28.9 Å². The number of pyridine rings is 1. The van der Waals surface area contributed by atoms with Gasteiger partial charge in [0.2, 0.25) is 0 Å². The predicted octanol–water partition coefficient (Wildman–Crippen LogP) is 5.75. The molecular formula is C25H20Cl2N6O. The van der Waals surface area contributed by atoms with Crippen LogP contribution in [-0.4, -0.2) is 30.5 Å². The number of aromatic nitrogens is 5. The second kappa shape index (κ2) is 8.93. The molecule has 9 heteroatoms. The van der Waals surface area contributed by atoms with E-state index in [2.05, 4.69) is 15.5 Å². The summed E-state index contributed by atoms with van der Waals surface area (Å²) in [6.45, 7) is 2.43. The van der Waals surface area contributed by atoms with Gasteiger partial charge in [0.1, 0.15) is 0 Å². The van der Waals surface area contributed by atoms with Crippen LogP contribution in [0.15, 0.2) is 66.9 Å². The molecule has 5 aromatic rings. The fraction of sp³-hybridized carbons (Fsp3) is 0.120. The first-order chi connectivity index (χ1) is 16.4. The number of anilines is 1. The fourth-order valence-electron chi connectivity index (χ4n) is 3.87. The molecule has 0 aliphatic carbocycles. The van der Waals surface area contributed by atoms with Crippen molar-refractivity contribution >= 4 is 46.0 Å². The quantitative estimate of drug-likeness (QED) is 0.340. The molecule has 3 aromatic heterocycles. The molecule has 0 spiro atoms. The number of rotatable bonds is 5. The lowest BCUT2D eigenvalue weighted by molar-refractivity contribution is 0.102. The molecule has 170 valence electrons. The van der Waals surface area contributed by atoms with E-state index in [9.17, 15) is 4.79 Å². The molecule has 0 saturated carbocycles. The zero-order valence-corrected chi connectivity index (χ0v) is 20.0. The van der Waals surface area contributed by atoms with Gasteiger partial charge in [-0.05, 0) is 42.8 Å². The van der Waals surface area contributed by atoms with E-state index in [1.54, 1.807) is 33.6 Å². The van der Waals surface area contributed by atoms with Crippen molar-refractivity contribution in [2.45, 2.75) is 13.5 Å². The zero-order valence-electron chi connectivity index (χ0n) is 18.5. The molecule has 0 radical (unpaired) electrons. The lowest BCUT2D eigenvalue weighted by Crippen LogP contribution is -2.14. The van der Waals surface area contributed by atoms with Crippen molar-refractivity contribution in [3.05, 3.63) is 93.7 Å². The van der Waals surface area contributed by atoms with E-state index >= 15 is 0 Å². The number of benzene rings is 2. The number of amides is 1. The molecule has 1 N–H and O–H groups in total. The van der Waals surface area contributed by atoms with Crippen LogP contribution in [0.5, 0.6) is 0 Å². The highest BCUT2D eigenvalue weighted by atomic mass is 35.5. The van der Waals surface area contributed by atoms with Gasteiger partial charge >= 0.3 is 0 Å². The lowest BCUT2D eigenvalue weighted by Gasteiger charge is -2.09. The van der Waals surface area contributed by atoms with Crippen LogP contribution in [0, 0.1) is 6.92 Å². The second-order valence-electron chi connectivity index (χ2n) is 7.95. The maximum atomic E-state index is 13.4. The molecule has 34 heavy (non-hydrogen) atoms. The topological polar surface area (TPSA) is 77.6 Å². The van der Waals surface area contributed by atoms with Crippen molar-refractivity contribution in [3.63, 3.8) is 0 Å². The number of nitrogens with zero attached hydrogens (tertiary/aromatic N) is 5. The largest absolute Gasteiger partial charge is 0.305 e. The maximum Gasteiger partial charge on any atom is 0.257 e. The molecular weight excluding hydrogens is 471 g/mol. The van der Waals surface area contributed by atoms with Gasteiger partial charge in [0.25, 0.3) is 5.91 Å². The molecule has 0 atom stereocenters. The number of halogens is 2. The molecule has 1 amide bonds. The molecule has 0 aliphatic rings. The Morgan fingerprint density at radius 3 is 2.35 bits per heavy atom. The van der Waals surface area contributed by atoms with E-state index in [-0.39, 0.29) is 5.91 Å². The minimum Gasteiger partial charge on any atom is -0.305 e. The third kappa shape index (κ3) is 4.40. The fourth-order valence-corrected chi connectivity index (χ4v) is 4.12. The number of carbonyl (C=O) groups excluding carboxylic acids is 1. The van der Waals surface area contributed by atoms with E-state index in [0.717, 1.165) is 16.8 Å². The first-order valence-electron chi connectivity index (χ1n) is 10.6. The van der Waals surface area contributed by atoms with Crippen LogP contribution >= 0.6 is 23.2 Å². The molecule has 5 rings (SSSR count). The Kier molecular flexibility index (Phi) is 5.81. The Labute approximate surface area is 205 Å². The van der Waals surface area contributed by atoms with Gasteiger partial charge in [-0.15, -0.1) is 0 Å². The van der Waals surface area contributed by atoms with Crippen LogP contribution in [0.3, 0.4) is 0 Å². The van der Waals surface area contributed by atoms with Gasteiger partial charge in [-0.1, -0.05) is 47.5 Å². The highest BCUT2D eigenvalue weighted by Gasteiger charge is 2.20. The van der Waals surface area contributed by atoms with Gasteiger partial charge in [0.15, 0.2) is 11.5 Å². The monoisotopic (exact) mass is 490 g/mol. The van der Waals surface area contributed by atoms with E-state index in [1.165, 1.54) is 0 Å². The lowest BCUT2D eigenvalue weighted by atomic mass is 10.0. The Hall–Kier alpha value is -3.68. The molecule has 0 fully saturated rings. The molecule has 0 bridgehead atoms. The molecule has 0 aliphatic heterocycles. The molecule has 7 nitrogen and oxygen atoms in total. The average Bonchev–Trinajstić information content (AvgIpc) is 3.38. The number of hydrogen-bond donors (Lipinski definition) is 1. The summed E-state index contributed by atoms with van der Waals surface area (Å²) in [5.41, 5.74) is 4.40. The highest BCUT2D eigenvalue weighted by Crippen LogP contribution is 2.28. The first-order valence-corrected chi connectivity index (χ1v) is 11.3. The molecule has 0 saturated heterocycles. The summed E-state index contributed by atoms with van der Waals surface area (Å²) >= 11 is 12.0. The first kappa shape index (κ1) is 22.1. The Morgan fingerprint density at radius 2 is 1.65 bits per heavy atom. The SMILES string of the molecule is Cc1nn(C)c2nc(-c3ccc(Cl)cc3)cc(C(=O)Nc3ccn(Cc4ccc(Cl)cc4)n3)c12. The van der Waals surface area contributed by atoms with Crippen LogP contribution < -0.4 is 5.32 Å². The summed E-state index contributed by atoms with van der Waals surface area (Å²) in [5, 5.41) is 13.9. The van der Waals surface area contributed by atoms with Crippen molar-refractivity contribution in [2.75, 3.05) is 5.32 Å². The zero-order chi connectivity index (χ0) is 23.8. The van der Waals surface area contributed by atoms with Crippen LogP contribution in [0.4, 0.5) is 5.82 Å². The Morgan fingerprint density at radius 1 is 0.971 bits per heavy atom. The van der Waals surface area contributed by atoms with Gasteiger partial charge < -0.3 is 5.32 Å². The summed E-state index contributed by atoms with van der Waals surface area (Å²) in [7, 11) is 1.81. The molecule has 3 heterocycles. The summed E-state index contributed by atoms with van der Waals surface area (Å²) in [6, 6.07) is 18.5. The minimum atomic E-state index is -0.282. The van der Waals surface area contributed by atoms with E-state index in [4.69, 9.17) is 28.2 Å². The summed E-state index contributed by atoms with van der Waals surface area (Å²) in [5.74, 6) is 0.175. The number of nitrogens with one attached hydrogen (secondary N) is 1. The van der Waals surface area contributed by atoms with Gasteiger partial charge in [-0.25, -0.2) is 4.98 Å². The summed E-state index contributed by atoms with van der Waals surface area (Å²) in [6.07, 6.45) is 1.82. The predicted molar refractivity (Wildman–Crippen MR) is 134 cm³/mol. The van der Waals surface area contributed by atoms with Gasteiger partial charge in [0, 0.05) is 34.9 Å². The van der Waals surface area contributed by atoms with E-state index in [1.807, 2.05) is 56.6 Å². The second-order valence-corrected chi connectivity index (χ2v) is 8.82. The highest BCUT2D eigenvalue weighted by molar-refractivity contribution is 6.30. The van der Waals surface area contributed by atoms with E-state index in [0.29, 0.717) is 44.7 Å². The number of carbonyl (C=O) groups is 1. The van der Waals surface area contributed by atoms with Crippen molar-refractivity contribution < 1.29 is 4.79 Å². The van der Waals surface area contributed by atoms with Gasteiger partial charge in [-0.3, -0.25) is 14.2 Å². The summed E-state index contributed by atoms with van der Waals surface area (Å²) < 4.78 is 3.44. The van der Waals surface area contributed by atoms with Crippen LogP contribution in [0.1, 0.15) is 21.6 Å². The molecule has 2 aromatic carbocycles. The Balaban J connectivity index is 1.46. The number of aryl methyl sites for hydroxylation is 2. The van der Waals surface area contributed by atoms with Crippen molar-refractivity contribution in [3.8, 4) is 11.3 Å². The van der Waals surface area contributed by atoms with Gasteiger partial charge in [-0.2, -0.15) is 10.2 Å². The normalized spacial score (nSPS) is 11.2. The van der Waals surface area contributed by atoms with E-state index < -0.39 is 0 Å². The van der Waals surface area contributed by atoms with Crippen molar-refractivity contribution in [1.29, 1.82) is 0 Å². The smallest absolute Gasteiger partial charge is 0.257 e. The van der Waals surface area contributed by atoms with Crippen molar-refractivity contribution in [1.82, 2.24) is 24.5 Å². The number of hydrogen-bond acceptors (Lipinski definition) is 4. The third-order valence-electron chi connectivity index (χ3n) is 5.49. The van der Waals surface area contributed by atoms with Crippen LogP contribution in [0.25, 0.3) is 22.3 Å². The molecule has 0 unspecified atom stereocenters. The standard InChI is InChI=1S/C25H20Cl2N6O/c1-15-23-20(13-21(28-24(23)32(2)30-15)17-5-9-19(27)10-6-17)25(34)29-22-11-12-33(31-22)14-16-3-7-18(26)8-4-16/h3-13H,14H2,1-2H3,(H,29,31,34). The Bertz CT molecular complexity index is 1500. The maximum absolute atomic E-state index is 13.4. The number of fused-ring (bicyclic) bond motifs is 1. The van der Waals surface area contributed by atoms with Crippen LogP contribution in [0.2, 0.25) is 10.0 Å². The van der Waals surface area contributed by atoms with Crippen molar-refractivity contribution in [2.24, 2.45) is 7.05 Å². The summed E-state index contributed by atoms with van der Waals surface area (Å²) in [4.78, 5) is 18.1. The minimum absolute atomic E-state index is 0.282.